The van der Waals surface area contributed by atoms with Crippen LogP contribution in [0, 0.1) is 0 Å². The van der Waals surface area contributed by atoms with Gasteiger partial charge in [0.1, 0.15) is 0 Å². The number of hydrogen-bond acceptors (Lipinski definition) is 2. The molecule has 1 nitrogen and oxygen atoms in total. The molecule has 0 spiro atoms. The smallest absolute Gasteiger partial charge is 0.0152 e. The predicted octanol–water partition coefficient (Wildman–Crippen LogP) is 4.16. The second-order valence-electron chi connectivity index (χ2n) is 4.85. The summed E-state index contributed by atoms with van der Waals surface area (Å²) < 4.78 is 0. The van der Waals surface area contributed by atoms with Crippen LogP contribution in [0.1, 0.15) is 43.9 Å². The molecule has 1 atom stereocenters. The molecule has 0 aliphatic heterocycles. The average molecular weight is 249 g/mol. The van der Waals surface area contributed by atoms with Gasteiger partial charge in [-0.25, -0.2) is 0 Å². The van der Waals surface area contributed by atoms with Crippen LogP contribution in [0.3, 0.4) is 0 Å². The molecular formula is C15H23NS. The lowest BCUT2D eigenvalue weighted by Crippen LogP contribution is -2.31. The van der Waals surface area contributed by atoms with Gasteiger partial charge in [0.2, 0.25) is 0 Å². The lowest BCUT2D eigenvalue weighted by atomic mass is 9.93. The van der Waals surface area contributed by atoms with Gasteiger partial charge in [-0.1, -0.05) is 24.6 Å². The summed E-state index contributed by atoms with van der Waals surface area (Å²) in [5.74, 6) is 0. The first kappa shape index (κ1) is 12.8. The lowest BCUT2D eigenvalue weighted by Gasteiger charge is -2.21. The molecule has 1 N–H and O–H groups in total. The highest BCUT2D eigenvalue weighted by Crippen LogP contribution is 2.23. The van der Waals surface area contributed by atoms with E-state index in [0.717, 1.165) is 6.54 Å². The Balaban J connectivity index is 1.89. The van der Waals surface area contributed by atoms with E-state index in [2.05, 4.69) is 35.8 Å². The normalized spacial score (nSPS) is 17.8. The first-order valence-electron chi connectivity index (χ1n) is 6.82. The van der Waals surface area contributed by atoms with Gasteiger partial charge in [-0.05, 0) is 56.5 Å². The van der Waals surface area contributed by atoms with Crippen LogP contribution in [0.2, 0.25) is 0 Å². The van der Waals surface area contributed by atoms with Crippen LogP contribution in [0.4, 0.5) is 0 Å². The Labute approximate surface area is 109 Å². The Morgan fingerprint density at radius 3 is 2.94 bits per heavy atom. The van der Waals surface area contributed by atoms with E-state index < -0.39 is 0 Å². The third-order valence-electron chi connectivity index (χ3n) is 3.41. The molecule has 1 aromatic rings. The van der Waals surface area contributed by atoms with E-state index in [-0.39, 0.29) is 0 Å². The second kappa shape index (κ2) is 6.97. The number of thiophene rings is 1. The topological polar surface area (TPSA) is 12.0 Å². The van der Waals surface area contributed by atoms with Crippen molar-refractivity contribution in [2.24, 2.45) is 0 Å². The molecule has 1 heterocycles. The van der Waals surface area contributed by atoms with E-state index in [1.165, 1.54) is 43.4 Å². The summed E-state index contributed by atoms with van der Waals surface area (Å²) in [5, 5.41) is 5.81. The first-order chi connectivity index (χ1) is 8.38. The standard InChI is InChI=1S/C15H23NS/c1-2-16-14(12-15-9-6-10-17-15)11-13-7-4-3-5-8-13/h6-7,9-10,14,16H,2-5,8,11-12H2,1H3. The van der Waals surface area contributed by atoms with Gasteiger partial charge in [-0.2, -0.15) is 0 Å². The van der Waals surface area contributed by atoms with Crippen LogP contribution in [-0.4, -0.2) is 12.6 Å². The maximum atomic E-state index is 3.63. The van der Waals surface area contributed by atoms with Gasteiger partial charge in [-0.3, -0.25) is 0 Å². The van der Waals surface area contributed by atoms with Gasteiger partial charge in [0.05, 0.1) is 0 Å². The first-order valence-corrected chi connectivity index (χ1v) is 7.70. The molecule has 2 rings (SSSR count). The predicted molar refractivity (Wildman–Crippen MR) is 76.7 cm³/mol. The molecule has 0 aromatic carbocycles. The molecule has 0 saturated heterocycles. The fourth-order valence-corrected chi connectivity index (χ4v) is 3.37. The Bertz CT molecular complexity index is 340. The average Bonchev–Trinajstić information content (AvgIpc) is 2.83. The van der Waals surface area contributed by atoms with E-state index in [1.54, 1.807) is 5.57 Å². The van der Waals surface area contributed by atoms with E-state index >= 15 is 0 Å². The fraction of sp³-hybridized carbons (Fsp3) is 0.600. The zero-order valence-electron chi connectivity index (χ0n) is 10.7. The Kier molecular flexibility index (Phi) is 5.27. The minimum absolute atomic E-state index is 0.628. The number of nitrogens with one attached hydrogen (secondary N) is 1. The molecule has 1 unspecified atom stereocenters. The molecular weight excluding hydrogens is 226 g/mol. The highest BCUT2D eigenvalue weighted by Gasteiger charge is 2.13. The van der Waals surface area contributed by atoms with Gasteiger partial charge in [0, 0.05) is 10.9 Å². The van der Waals surface area contributed by atoms with Crippen molar-refractivity contribution in [3.05, 3.63) is 34.0 Å². The summed E-state index contributed by atoms with van der Waals surface area (Å²) in [6, 6.07) is 5.04. The van der Waals surface area contributed by atoms with Gasteiger partial charge in [-0.15, -0.1) is 11.3 Å². The van der Waals surface area contributed by atoms with Crippen molar-refractivity contribution in [3.63, 3.8) is 0 Å². The minimum atomic E-state index is 0.628. The molecule has 17 heavy (non-hydrogen) atoms. The zero-order valence-corrected chi connectivity index (χ0v) is 11.6. The van der Waals surface area contributed by atoms with E-state index in [9.17, 15) is 0 Å². The quantitative estimate of drug-likeness (QED) is 0.747. The summed E-state index contributed by atoms with van der Waals surface area (Å²) in [6.45, 7) is 3.28. The van der Waals surface area contributed by atoms with Crippen molar-refractivity contribution in [1.82, 2.24) is 5.32 Å². The van der Waals surface area contributed by atoms with Gasteiger partial charge < -0.3 is 5.32 Å². The van der Waals surface area contributed by atoms with Crippen molar-refractivity contribution in [3.8, 4) is 0 Å². The summed E-state index contributed by atoms with van der Waals surface area (Å²) in [5.41, 5.74) is 1.68. The maximum Gasteiger partial charge on any atom is 0.0152 e. The van der Waals surface area contributed by atoms with Crippen molar-refractivity contribution < 1.29 is 0 Å². The molecule has 0 amide bonds. The highest BCUT2D eigenvalue weighted by molar-refractivity contribution is 7.09. The van der Waals surface area contributed by atoms with Crippen LogP contribution in [-0.2, 0) is 6.42 Å². The minimum Gasteiger partial charge on any atom is -0.314 e. The van der Waals surface area contributed by atoms with Crippen LogP contribution < -0.4 is 5.32 Å². The van der Waals surface area contributed by atoms with Crippen LogP contribution in [0.15, 0.2) is 29.2 Å². The van der Waals surface area contributed by atoms with Gasteiger partial charge in [0.15, 0.2) is 0 Å². The van der Waals surface area contributed by atoms with E-state index in [0.29, 0.717) is 6.04 Å². The summed E-state index contributed by atoms with van der Waals surface area (Å²) in [7, 11) is 0. The molecule has 0 bridgehead atoms. The Morgan fingerprint density at radius 1 is 1.35 bits per heavy atom. The summed E-state index contributed by atoms with van der Waals surface area (Å²) in [4.78, 5) is 1.51. The van der Waals surface area contributed by atoms with Gasteiger partial charge >= 0.3 is 0 Å². The molecule has 0 fully saturated rings. The SMILES string of the molecule is CCNC(CC1=CCCCC1)Cc1cccs1. The summed E-state index contributed by atoms with van der Waals surface area (Å²) >= 11 is 1.88. The Hall–Kier alpha value is -0.600. The number of rotatable bonds is 6. The highest BCUT2D eigenvalue weighted by atomic mass is 32.1. The lowest BCUT2D eigenvalue weighted by molar-refractivity contribution is 0.507. The number of likely N-dealkylation sites (N-methyl/N-ethyl adjacent to an activating group) is 1. The molecule has 1 aliphatic rings. The second-order valence-corrected chi connectivity index (χ2v) is 5.88. The Morgan fingerprint density at radius 2 is 2.29 bits per heavy atom. The number of hydrogen-bond donors (Lipinski definition) is 1. The zero-order chi connectivity index (χ0) is 11.9. The van der Waals surface area contributed by atoms with Crippen molar-refractivity contribution in [1.29, 1.82) is 0 Å². The molecule has 0 radical (unpaired) electrons. The molecule has 2 heteroatoms. The molecule has 0 saturated carbocycles. The van der Waals surface area contributed by atoms with Crippen molar-refractivity contribution >= 4 is 11.3 Å². The van der Waals surface area contributed by atoms with Crippen LogP contribution in [0.25, 0.3) is 0 Å². The van der Waals surface area contributed by atoms with Crippen molar-refractivity contribution in [2.75, 3.05) is 6.54 Å². The molecule has 1 aromatic heterocycles. The third-order valence-corrected chi connectivity index (χ3v) is 4.31. The van der Waals surface area contributed by atoms with Crippen molar-refractivity contribution in [2.45, 2.75) is 51.5 Å². The van der Waals surface area contributed by atoms with Crippen LogP contribution in [0.5, 0.6) is 0 Å². The fourth-order valence-electron chi connectivity index (χ4n) is 2.58. The third kappa shape index (κ3) is 4.29. The summed E-state index contributed by atoms with van der Waals surface area (Å²) in [6.07, 6.45) is 10.3. The largest absolute Gasteiger partial charge is 0.314 e. The van der Waals surface area contributed by atoms with Crippen LogP contribution >= 0.6 is 11.3 Å². The molecule has 1 aliphatic carbocycles. The molecule has 94 valence electrons. The number of allylic oxidation sites excluding steroid dienone is 1. The van der Waals surface area contributed by atoms with Gasteiger partial charge in [0.25, 0.3) is 0 Å². The van der Waals surface area contributed by atoms with E-state index in [4.69, 9.17) is 0 Å². The van der Waals surface area contributed by atoms with E-state index in [1.807, 2.05) is 11.3 Å². The monoisotopic (exact) mass is 249 g/mol. The maximum absolute atomic E-state index is 3.63.